The van der Waals surface area contributed by atoms with Crippen molar-refractivity contribution in [2.75, 3.05) is 25.5 Å². The Balaban J connectivity index is 1.54. The summed E-state index contributed by atoms with van der Waals surface area (Å²) in [4.78, 5) is 20.6. The molecule has 2 aromatic heterocycles. The van der Waals surface area contributed by atoms with Gasteiger partial charge in [-0.25, -0.2) is 14.6 Å². The number of rotatable bonds is 7. The van der Waals surface area contributed by atoms with Gasteiger partial charge >= 0.3 is 0 Å². The maximum atomic E-state index is 12.3. The number of anilines is 1. The molecule has 9 heteroatoms. The zero-order chi connectivity index (χ0) is 18.4. The van der Waals surface area contributed by atoms with Crippen LogP contribution in [0.1, 0.15) is 10.4 Å². The first kappa shape index (κ1) is 17.7. The smallest absolute Gasteiger partial charge is 0.255 e. The first-order valence-electron chi connectivity index (χ1n) is 7.85. The van der Waals surface area contributed by atoms with Crippen molar-refractivity contribution in [3.8, 4) is 11.6 Å². The highest BCUT2D eigenvalue weighted by Gasteiger charge is 2.12. The second-order valence-corrected chi connectivity index (χ2v) is 5.68. The summed E-state index contributed by atoms with van der Waals surface area (Å²) in [5, 5.41) is 10.5. The Morgan fingerprint density at radius 3 is 2.92 bits per heavy atom. The number of carbonyl (C=O) groups is 1. The van der Waals surface area contributed by atoms with Crippen molar-refractivity contribution in [3.05, 3.63) is 59.6 Å². The summed E-state index contributed by atoms with van der Waals surface area (Å²) < 4.78 is 6.82. The molecule has 3 aromatic rings. The summed E-state index contributed by atoms with van der Waals surface area (Å²) in [7, 11) is 1.51. The number of nitrogens with one attached hydrogen (secondary N) is 2. The van der Waals surface area contributed by atoms with E-state index >= 15 is 0 Å². The van der Waals surface area contributed by atoms with Crippen LogP contribution in [-0.2, 0) is 0 Å². The highest BCUT2D eigenvalue weighted by atomic mass is 35.5. The van der Waals surface area contributed by atoms with Crippen molar-refractivity contribution in [3.63, 3.8) is 0 Å². The van der Waals surface area contributed by atoms with Gasteiger partial charge in [-0.2, -0.15) is 5.10 Å². The zero-order valence-corrected chi connectivity index (χ0v) is 14.8. The lowest BCUT2D eigenvalue weighted by Gasteiger charge is -2.11. The zero-order valence-electron chi connectivity index (χ0n) is 14.0. The number of nitrogens with zero attached hydrogens (tertiary/aromatic N) is 4. The predicted octanol–water partition coefficient (Wildman–Crippen LogP) is 2.17. The van der Waals surface area contributed by atoms with Crippen LogP contribution in [-0.4, -0.2) is 45.9 Å². The van der Waals surface area contributed by atoms with E-state index in [2.05, 4.69) is 25.7 Å². The van der Waals surface area contributed by atoms with E-state index in [0.717, 1.165) is 0 Å². The van der Waals surface area contributed by atoms with Gasteiger partial charge in [0.2, 0.25) is 0 Å². The third kappa shape index (κ3) is 4.28. The molecule has 1 amide bonds. The number of halogens is 1. The molecule has 134 valence electrons. The van der Waals surface area contributed by atoms with Gasteiger partial charge in [-0.05, 0) is 24.3 Å². The molecule has 0 unspecified atom stereocenters. The molecular weight excluding hydrogens is 356 g/mol. The maximum absolute atomic E-state index is 12.3. The van der Waals surface area contributed by atoms with Gasteiger partial charge in [0.15, 0.2) is 5.82 Å². The van der Waals surface area contributed by atoms with E-state index in [1.807, 2.05) is 6.07 Å². The van der Waals surface area contributed by atoms with Gasteiger partial charge in [0.1, 0.15) is 17.9 Å². The quantitative estimate of drug-likeness (QED) is 0.617. The van der Waals surface area contributed by atoms with Crippen LogP contribution in [0.15, 0.2) is 49.1 Å². The highest BCUT2D eigenvalue weighted by molar-refractivity contribution is 6.31. The Kier molecular flexibility index (Phi) is 5.65. The molecule has 0 radical (unpaired) electrons. The van der Waals surface area contributed by atoms with Crippen molar-refractivity contribution >= 4 is 23.3 Å². The van der Waals surface area contributed by atoms with Gasteiger partial charge in [0.25, 0.3) is 5.91 Å². The minimum absolute atomic E-state index is 0.258. The lowest BCUT2D eigenvalue weighted by atomic mass is 10.2. The molecule has 26 heavy (non-hydrogen) atoms. The van der Waals surface area contributed by atoms with Gasteiger partial charge in [-0.3, -0.25) is 4.79 Å². The lowest BCUT2D eigenvalue weighted by molar-refractivity contribution is 0.0952. The van der Waals surface area contributed by atoms with E-state index < -0.39 is 0 Å². The Morgan fingerprint density at radius 1 is 1.27 bits per heavy atom. The molecule has 0 aliphatic carbocycles. The SMILES string of the molecule is COc1ccc(Cl)cc1C(=O)NCCNc1cc(-n2cccn2)ncn1. The number of ether oxygens (including phenoxy) is 1. The molecule has 0 aliphatic heterocycles. The number of amides is 1. The fourth-order valence-corrected chi connectivity index (χ4v) is 2.46. The predicted molar refractivity (Wildman–Crippen MR) is 98.0 cm³/mol. The minimum atomic E-state index is -0.258. The fraction of sp³-hybridized carbons (Fsp3) is 0.176. The van der Waals surface area contributed by atoms with Crippen molar-refractivity contribution in [1.29, 1.82) is 0 Å². The number of methoxy groups -OCH3 is 1. The first-order chi connectivity index (χ1) is 12.7. The number of aromatic nitrogens is 4. The van der Waals surface area contributed by atoms with Gasteiger partial charge in [0, 0.05) is 36.6 Å². The van der Waals surface area contributed by atoms with Crippen LogP contribution in [0.4, 0.5) is 5.82 Å². The summed E-state index contributed by atoms with van der Waals surface area (Å²) in [6.07, 6.45) is 4.92. The van der Waals surface area contributed by atoms with Crippen molar-refractivity contribution in [1.82, 2.24) is 25.1 Å². The van der Waals surface area contributed by atoms with Crippen LogP contribution < -0.4 is 15.4 Å². The van der Waals surface area contributed by atoms with Gasteiger partial charge in [0.05, 0.1) is 12.7 Å². The van der Waals surface area contributed by atoms with E-state index in [-0.39, 0.29) is 5.91 Å². The van der Waals surface area contributed by atoms with E-state index in [0.29, 0.717) is 41.1 Å². The second-order valence-electron chi connectivity index (χ2n) is 5.24. The summed E-state index contributed by atoms with van der Waals surface area (Å²) in [6.45, 7) is 0.889. The summed E-state index contributed by atoms with van der Waals surface area (Å²) in [6, 6.07) is 8.49. The molecule has 2 heterocycles. The van der Waals surface area contributed by atoms with Gasteiger partial charge in [-0.15, -0.1) is 0 Å². The molecule has 0 bridgehead atoms. The van der Waals surface area contributed by atoms with Crippen LogP contribution in [0.5, 0.6) is 5.75 Å². The molecule has 0 fully saturated rings. The summed E-state index contributed by atoms with van der Waals surface area (Å²) >= 11 is 5.95. The van der Waals surface area contributed by atoms with E-state index in [4.69, 9.17) is 16.3 Å². The highest BCUT2D eigenvalue weighted by Crippen LogP contribution is 2.22. The Hall–Kier alpha value is -3.13. The molecule has 2 N–H and O–H groups in total. The standard InChI is InChI=1S/C17H17ClN6O2/c1-26-14-4-3-12(18)9-13(14)17(25)20-7-6-19-15-10-16(22-11-21-15)24-8-2-5-23-24/h2-5,8-11H,6-7H2,1H3,(H,20,25)(H,19,21,22). The fourth-order valence-electron chi connectivity index (χ4n) is 2.29. The van der Waals surface area contributed by atoms with Crippen molar-refractivity contribution in [2.45, 2.75) is 0 Å². The van der Waals surface area contributed by atoms with Crippen LogP contribution in [0.2, 0.25) is 5.02 Å². The third-order valence-electron chi connectivity index (χ3n) is 3.51. The third-order valence-corrected chi connectivity index (χ3v) is 3.75. The largest absolute Gasteiger partial charge is 0.496 e. The molecule has 3 rings (SSSR count). The molecule has 1 aromatic carbocycles. The molecule has 0 aliphatic rings. The van der Waals surface area contributed by atoms with Crippen molar-refractivity contribution < 1.29 is 9.53 Å². The average Bonchev–Trinajstić information content (AvgIpc) is 3.20. The summed E-state index contributed by atoms with van der Waals surface area (Å²) in [5.74, 6) is 1.51. The summed E-state index contributed by atoms with van der Waals surface area (Å²) in [5.41, 5.74) is 0.392. The number of hydrogen-bond donors (Lipinski definition) is 2. The van der Waals surface area contributed by atoms with E-state index in [1.54, 1.807) is 41.3 Å². The molecule has 0 spiro atoms. The molecule has 0 atom stereocenters. The van der Waals surface area contributed by atoms with Gasteiger partial charge < -0.3 is 15.4 Å². The molecule has 0 saturated carbocycles. The first-order valence-corrected chi connectivity index (χ1v) is 8.23. The normalized spacial score (nSPS) is 10.4. The number of benzene rings is 1. The van der Waals surface area contributed by atoms with Crippen molar-refractivity contribution in [2.24, 2.45) is 0 Å². The van der Waals surface area contributed by atoms with E-state index in [9.17, 15) is 4.79 Å². The Bertz CT molecular complexity index is 885. The van der Waals surface area contributed by atoms with Crippen LogP contribution in [0.3, 0.4) is 0 Å². The monoisotopic (exact) mass is 372 g/mol. The lowest BCUT2D eigenvalue weighted by Crippen LogP contribution is -2.29. The average molecular weight is 373 g/mol. The van der Waals surface area contributed by atoms with E-state index in [1.165, 1.54) is 13.4 Å². The number of carbonyl (C=O) groups excluding carboxylic acids is 1. The number of hydrogen-bond acceptors (Lipinski definition) is 6. The minimum Gasteiger partial charge on any atom is -0.496 e. The topological polar surface area (TPSA) is 94.0 Å². The molecule has 0 saturated heterocycles. The molecule has 8 nitrogen and oxygen atoms in total. The van der Waals surface area contributed by atoms with Crippen LogP contribution in [0, 0.1) is 0 Å². The second kappa shape index (κ2) is 8.30. The van der Waals surface area contributed by atoms with Gasteiger partial charge in [-0.1, -0.05) is 11.6 Å². The van der Waals surface area contributed by atoms with Crippen LogP contribution in [0.25, 0.3) is 5.82 Å². The van der Waals surface area contributed by atoms with Crippen LogP contribution >= 0.6 is 11.6 Å². The Labute approximate surface area is 155 Å². The molecular formula is C17H17ClN6O2. The maximum Gasteiger partial charge on any atom is 0.255 e. The Morgan fingerprint density at radius 2 is 2.15 bits per heavy atom.